The lowest BCUT2D eigenvalue weighted by Gasteiger charge is -2.09. The molecule has 90 valence electrons. The highest BCUT2D eigenvalue weighted by Crippen LogP contribution is 2.31. The fourth-order valence-electron chi connectivity index (χ4n) is 1.01. The molecular formula is C7H7F3N2O3S. The minimum absolute atomic E-state index is 0.527. The maximum Gasteiger partial charge on any atom is 0.283 e. The van der Waals surface area contributed by atoms with Crippen LogP contribution in [0.4, 0.5) is 13.2 Å². The van der Waals surface area contributed by atoms with Crippen LogP contribution in [0.1, 0.15) is 12.1 Å². The van der Waals surface area contributed by atoms with Crippen molar-refractivity contribution >= 4 is 10.0 Å². The van der Waals surface area contributed by atoms with Crippen molar-refractivity contribution < 1.29 is 26.3 Å². The third-order valence-electron chi connectivity index (χ3n) is 1.69. The number of nitrogens with zero attached hydrogens (tertiary/aromatic N) is 1. The Labute approximate surface area is 89.1 Å². The van der Waals surface area contributed by atoms with Crippen molar-refractivity contribution in [2.75, 3.05) is 7.11 Å². The van der Waals surface area contributed by atoms with E-state index in [1.807, 2.05) is 0 Å². The summed E-state index contributed by atoms with van der Waals surface area (Å²) in [6, 6.07) is 0. The van der Waals surface area contributed by atoms with Gasteiger partial charge in [-0.3, -0.25) is 4.98 Å². The van der Waals surface area contributed by atoms with Crippen molar-refractivity contribution in [1.29, 1.82) is 0 Å². The number of halogens is 3. The van der Waals surface area contributed by atoms with E-state index in [1.54, 1.807) is 0 Å². The summed E-state index contributed by atoms with van der Waals surface area (Å²) in [4.78, 5) is 2.21. The molecule has 9 heteroatoms. The van der Waals surface area contributed by atoms with E-state index >= 15 is 0 Å². The molecule has 0 bridgehead atoms. The van der Waals surface area contributed by atoms with Gasteiger partial charge >= 0.3 is 0 Å². The second-order valence-electron chi connectivity index (χ2n) is 2.70. The number of pyridine rings is 1. The number of alkyl halides is 2. The summed E-state index contributed by atoms with van der Waals surface area (Å²) in [5, 5.41) is 4.73. The normalized spacial score (nSPS) is 11.9. The van der Waals surface area contributed by atoms with Gasteiger partial charge in [0, 0.05) is 0 Å². The molecule has 0 aliphatic heterocycles. The Hall–Kier alpha value is -1.35. The number of ether oxygens (including phenoxy) is 1. The zero-order valence-electron chi connectivity index (χ0n) is 7.95. The summed E-state index contributed by atoms with van der Waals surface area (Å²) in [5.74, 6) is -2.41. The first-order valence-electron chi connectivity index (χ1n) is 3.82. The molecule has 0 amide bonds. The monoisotopic (exact) mass is 256 g/mol. The molecule has 0 atom stereocenters. The first-order valence-corrected chi connectivity index (χ1v) is 5.37. The number of aromatic nitrogens is 1. The van der Waals surface area contributed by atoms with Crippen molar-refractivity contribution in [2.45, 2.75) is 11.3 Å². The van der Waals surface area contributed by atoms with Gasteiger partial charge in [-0.15, -0.1) is 0 Å². The van der Waals surface area contributed by atoms with E-state index in [9.17, 15) is 21.6 Å². The topological polar surface area (TPSA) is 82.3 Å². The van der Waals surface area contributed by atoms with Crippen LogP contribution in [0.5, 0.6) is 5.75 Å². The van der Waals surface area contributed by atoms with E-state index in [0.29, 0.717) is 6.20 Å². The molecule has 16 heavy (non-hydrogen) atoms. The smallest absolute Gasteiger partial charge is 0.283 e. The van der Waals surface area contributed by atoms with Crippen LogP contribution >= 0.6 is 0 Å². The van der Waals surface area contributed by atoms with E-state index in [2.05, 4.69) is 9.72 Å². The Kier molecular flexibility index (Phi) is 3.38. The molecule has 1 heterocycles. The highest BCUT2D eigenvalue weighted by atomic mass is 32.2. The molecule has 0 aliphatic rings. The van der Waals surface area contributed by atoms with E-state index < -0.39 is 38.6 Å². The Morgan fingerprint density at radius 2 is 2.06 bits per heavy atom. The molecule has 1 aromatic heterocycles. The molecule has 1 rings (SSSR count). The van der Waals surface area contributed by atoms with Gasteiger partial charge in [-0.25, -0.2) is 26.7 Å². The standard InChI is InChI=1S/C7H7F3N2O3S/c1-15-6-3(16(11,13)14)2-12-5(4(6)8)7(9)10/h2,7H,1H3,(H2,11,13,14). The third kappa shape index (κ3) is 2.25. The molecule has 0 aliphatic carbocycles. The number of primary sulfonamides is 1. The molecule has 5 nitrogen and oxygen atoms in total. The summed E-state index contributed by atoms with van der Waals surface area (Å²) in [7, 11) is -3.35. The first kappa shape index (κ1) is 12.7. The van der Waals surface area contributed by atoms with Gasteiger partial charge in [-0.1, -0.05) is 0 Å². The van der Waals surface area contributed by atoms with Crippen LogP contribution in [-0.4, -0.2) is 20.5 Å². The van der Waals surface area contributed by atoms with Crippen LogP contribution in [-0.2, 0) is 10.0 Å². The summed E-state index contributed by atoms with van der Waals surface area (Å²) in [5.41, 5.74) is -1.19. The van der Waals surface area contributed by atoms with E-state index in [4.69, 9.17) is 5.14 Å². The maximum absolute atomic E-state index is 13.3. The molecule has 0 unspecified atom stereocenters. The van der Waals surface area contributed by atoms with E-state index in [-0.39, 0.29) is 0 Å². The van der Waals surface area contributed by atoms with Gasteiger partial charge in [0.1, 0.15) is 10.6 Å². The zero-order valence-corrected chi connectivity index (χ0v) is 8.76. The highest BCUT2D eigenvalue weighted by molar-refractivity contribution is 7.89. The minimum atomic E-state index is -4.28. The Bertz CT molecular complexity index is 504. The van der Waals surface area contributed by atoms with Gasteiger partial charge in [0.15, 0.2) is 11.6 Å². The van der Waals surface area contributed by atoms with Crippen molar-refractivity contribution in [1.82, 2.24) is 4.98 Å². The lowest BCUT2D eigenvalue weighted by Crippen LogP contribution is -2.15. The molecule has 0 aromatic carbocycles. The lowest BCUT2D eigenvalue weighted by molar-refractivity contribution is 0.139. The van der Waals surface area contributed by atoms with Crippen molar-refractivity contribution in [3.05, 3.63) is 17.7 Å². The van der Waals surface area contributed by atoms with Gasteiger partial charge in [-0.2, -0.15) is 0 Å². The summed E-state index contributed by atoms with van der Waals surface area (Å²) in [6.45, 7) is 0. The summed E-state index contributed by atoms with van der Waals surface area (Å²) in [6.07, 6.45) is -2.65. The van der Waals surface area contributed by atoms with Gasteiger partial charge in [-0.05, 0) is 0 Å². The Morgan fingerprint density at radius 3 is 2.44 bits per heavy atom. The maximum atomic E-state index is 13.3. The van der Waals surface area contributed by atoms with Crippen LogP contribution in [0.3, 0.4) is 0 Å². The second kappa shape index (κ2) is 4.26. The second-order valence-corrected chi connectivity index (χ2v) is 4.23. The Balaban J connectivity index is 3.54. The number of nitrogens with two attached hydrogens (primary N) is 1. The van der Waals surface area contributed by atoms with Crippen LogP contribution in [0, 0.1) is 5.82 Å². The summed E-state index contributed by atoms with van der Waals surface area (Å²) < 4.78 is 64.1. The largest absolute Gasteiger partial charge is 0.492 e. The van der Waals surface area contributed by atoms with Gasteiger partial charge in [0.2, 0.25) is 10.0 Å². The van der Waals surface area contributed by atoms with Gasteiger partial charge < -0.3 is 4.74 Å². The fourth-order valence-corrected chi connectivity index (χ4v) is 1.64. The molecule has 1 aromatic rings. The van der Waals surface area contributed by atoms with Crippen LogP contribution < -0.4 is 9.88 Å². The molecular weight excluding hydrogens is 249 g/mol. The quantitative estimate of drug-likeness (QED) is 0.867. The SMILES string of the molecule is COc1c(S(N)(=O)=O)cnc(C(F)F)c1F. The van der Waals surface area contributed by atoms with Crippen molar-refractivity contribution in [3.63, 3.8) is 0 Å². The van der Waals surface area contributed by atoms with Crippen LogP contribution in [0.15, 0.2) is 11.1 Å². The first-order chi connectivity index (χ1) is 7.29. The predicted octanol–water partition coefficient (Wildman–Crippen LogP) is 0.814. The number of sulfonamides is 1. The van der Waals surface area contributed by atoms with Gasteiger partial charge in [0.05, 0.1) is 13.3 Å². The van der Waals surface area contributed by atoms with Crippen molar-refractivity contribution in [3.8, 4) is 5.75 Å². The highest BCUT2D eigenvalue weighted by Gasteiger charge is 2.26. The average Bonchev–Trinajstić information content (AvgIpc) is 2.15. The number of methoxy groups -OCH3 is 1. The molecule has 0 spiro atoms. The average molecular weight is 256 g/mol. The van der Waals surface area contributed by atoms with Crippen LogP contribution in [0.2, 0.25) is 0 Å². The van der Waals surface area contributed by atoms with E-state index in [0.717, 1.165) is 7.11 Å². The molecule has 2 N–H and O–H groups in total. The summed E-state index contributed by atoms with van der Waals surface area (Å²) >= 11 is 0. The molecule has 0 fully saturated rings. The fraction of sp³-hybridized carbons (Fsp3) is 0.286. The van der Waals surface area contributed by atoms with Crippen LogP contribution in [0.25, 0.3) is 0 Å². The van der Waals surface area contributed by atoms with Crippen molar-refractivity contribution in [2.24, 2.45) is 5.14 Å². The lowest BCUT2D eigenvalue weighted by atomic mass is 10.3. The van der Waals surface area contributed by atoms with Gasteiger partial charge in [0.25, 0.3) is 6.43 Å². The molecule has 0 saturated heterocycles. The number of hydrogen-bond acceptors (Lipinski definition) is 4. The predicted molar refractivity (Wildman–Crippen MR) is 47.1 cm³/mol. The number of rotatable bonds is 3. The number of hydrogen-bond donors (Lipinski definition) is 1. The Morgan fingerprint density at radius 1 is 1.50 bits per heavy atom. The minimum Gasteiger partial charge on any atom is -0.492 e. The van der Waals surface area contributed by atoms with E-state index in [1.165, 1.54) is 0 Å². The molecule has 0 radical (unpaired) electrons. The molecule has 0 saturated carbocycles. The third-order valence-corrected chi connectivity index (χ3v) is 2.59. The zero-order chi connectivity index (χ0) is 12.5.